The highest BCUT2D eigenvalue weighted by Gasteiger charge is 2.17. The van der Waals surface area contributed by atoms with Gasteiger partial charge in [0.15, 0.2) is 0 Å². The van der Waals surface area contributed by atoms with Gasteiger partial charge in [-0.25, -0.2) is 4.98 Å². The smallest absolute Gasteiger partial charge is 0.262 e. The van der Waals surface area contributed by atoms with Gasteiger partial charge in [-0.3, -0.25) is 0 Å². The van der Waals surface area contributed by atoms with Crippen LogP contribution < -0.4 is 4.74 Å². The molecule has 0 bridgehead atoms. The van der Waals surface area contributed by atoms with Crippen molar-refractivity contribution in [3.05, 3.63) is 36.0 Å². The topological polar surface area (TPSA) is 91.9 Å². The third kappa shape index (κ3) is 4.02. The van der Waals surface area contributed by atoms with Crippen LogP contribution in [-0.4, -0.2) is 41.7 Å². The van der Waals surface area contributed by atoms with Crippen molar-refractivity contribution in [2.75, 3.05) is 20.3 Å². The van der Waals surface area contributed by atoms with Crippen molar-refractivity contribution in [3.8, 4) is 5.75 Å². The van der Waals surface area contributed by atoms with Crippen molar-refractivity contribution < 1.29 is 18.7 Å². The van der Waals surface area contributed by atoms with E-state index in [4.69, 9.17) is 18.7 Å². The van der Waals surface area contributed by atoms with E-state index < -0.39 is 6.10 Å². The minimum Gasteiger partial charge on any atom is -0.475 e. The molecule has 0 saturated heterocycles. The van der Waals surface area contributed by atoms with Crippen LogP contribution in [0.1, 0.15) is 12.0 Å². The minimum absolute atomic E-state index is 0.286. The highest BCUT2D eigenvalue weighted by molar-refractivity contribution is 7.16. The fraction of sp³-hybridized carbons (Fsp3) is 0.286. The van der Waals surface area contributed by atoms with Gasteiger partial charge in [-0.1, -0.05) is 5.16 Å². The monoisotopic (exact) mass is 334 g/mol. The van der Waals surface area contributed by atoms with Gasteiger partial charge < -0.3 is 18.7 Å². The summed E-state index contributed by atoms with van der Waals surface area (Å²) < 4.78 is 17.0. The van der Waals surface area contributed by atoms with Crippen LogP contribution in [0, 0.1) is 0 Å². The van der Waals surface area contributed by atoms with E-state index in [-0.39, 0.29) is 5.89 Å². The van der Waals surface area contributed by atoms with Crippen LogP contribution in [-0.2, 0) is 9.57 Å². The maximum absolute atomic E-state index is 5.86. The lowest BCUT2D eigenvalue weighted by molar-refractivity contribution is 0.0740. The standard InChI is InChI=1S/C14H14N4O4S/c1-19-4-5-21-17-7-12(14-18-16-8-20-14)22-10-2-3-11-13(6-10)23-9-15-11/h2-3,6-9,12H,4-5H2,1H3. The molecule has 0 amide bonds. The van der Waals surface area contributed by atoms with Gasteiger partial charge in [0, 0.05) is 7.11 Å². The van der Waals surface area contributed by atoms with E-state index in [0.717, 1.165) is 10.2 Å². The third-order valence-corrected chi connectivity index (χ3v) is 3.63. The lowest BCUT2D eigenvalue weighted by Gasteiger charge is -2.11. The Morgan fingerprint density at radius 2 is 2.35 bits per heavy atom. The van der Waals surface area contributed by atoms with E-state index in [0.29, 0.717) is 19.0 Å². The number of oxime groups is 1. The third-order valence-electron chi connectivity index (χ3n) is 2.84. The predicted octanol–water partition coefficient (Wildman–Crippen LogP) is 2.45. The van der Waals surface area contributed by atoms with Crippen molar-refractivity contribution in [2.45, 2.75) is 6.10 Å². The van der Waals surface area contributed by atoms with Gasteiger partial charge in [0.25, 0.3) is 5.89 Å². The molecule has 1 atom stereocenters. The molecule has 3 rings (SSSR count). The normalized spacial score (nSPS) is 12.7. The largest absolute Gasteiger partial charge is 0.475 e. The van der Waals surface area contributed by atoms with Crippen molar-refractivity contribution in [1.82, 2.24) is 15.2 Å². The number of hydrogen-bond donors (Lipinski definition) is 0. The lowest BCUT2D eigenvalue weighted by atomic mass is 10.3. The maximum Gasteiger partial charge on any atom is 0.262 e. The lowest BCUT2D eigenvalue weighted by Crippen LogP contribution is -2.10. The summed E-state index contributed by atoms with van der Waals surface area (Å²) in [6.45, 7) is 0.793. The molecule has 0 saturated carbocycles. The molecule has 0 radical (unpaired) electrons. The Kier molecular flexibility index (Phi) is 5.12. The number of rotatable bonds is 8. The van der Waals surface area contributed by atoms with Crippen LogP contribution in [0.3, 0.4) is 0 Å². The molecule has 0 fully saturated rings. The van der Waals surface area contributed by atoms with E-state index in [9.17, 15) is 0 Å². The molecule has 0 aliphatic rings. The first-order chi connectivity index (χ1) is 11.4. The first-order valence-electron chi connectivity index (χ1n) is 6.77. The molecule has 0 aliphatic carbocycles. The molecule has 0 spiro atoms. The van der Waals surface area contributed by atoms with Crippen molar-refractivity contribution in [1.29, 1.82) is 0 Å². The van der Waals surface area contributed by atoms with E-state index in [1.54, 1.807) is 12.6 Å². The SMILES string of the molecule is COCCON=CC(Oc1ccc2ncsc2c1)c1nnco1. The Hall–Kier alpha value is -2.52. The number of methoxy groups -OCH3 is 1. The van der Waals surface area contributed by atoms with Gasteiger partial charge >= 0.3 is 0 Å². The van der Waals surface area contributed by atoms with Crippen LogP contribution >= 0.6 is 11.3 Å². The number of fused-ring (bicyclic) bond motifs is 1. The van der Waals surface area contributed by atoms with Crippen LogP contribution in [0.5, 0.6) is 5.75 Å². The quantitative estimate of drug-likeness (QED) is 0.355. The van der Waals surface area contributed by atoms with Crippen molar-refractivity contribution in [2.24, 2.45) is 5.16 Å². The molecule has 0 N–H and O–H groups in total. The Labute approximate surface area is 135 Å². The van der Waals surface area contributed by atoms with Gasteiger partial charge in [-0.15, -0.1) is 21.5 Å². The molecule has 8 nitrogen and oxygen atoms in total. The Morgan fingerprint density at radius 1 is 1.39 bits per heavy atom. The molecule has 23 heavy (non-hydrogen) atoms. The second-order valence-corrected chi connectivity index (χ2v) is 5.26. The highest BCUT2D eigenvalue weighted by atomic mass is 32.1. The van der Waals surface area contributed by atoms with Gasteiger partial charge in [0.2, 0.25) is 12.5 Å². The summed E-state index contributed by atoms with van der Waals surface area (Å²) >= 11 is 1.54. The summed E-state index contributed by atoms with van der Waals surface area (Å²) in [5.74, 6) is 0.932. The van der Waals surface area contributed by atoms with Crippen molar-refractivity contribution >= 4 is 27.8 Å². The maximum atomic E-state index is 5.86. The molecule has 9 heteroatoms. The van der Waals surface area contributed by atoms with E-state index in [1.807, 2.05) is 18.2 Å². The van der Waals surface area contributed by atoms with Gasteiger partial charge in [-0.2, -0.15) is 0 Å². The zero-order chi connectivity index (χ0) is 15.9. The van der Waals surface area contributed by atoms with Gasteiger partial charge in [-0.05, 0) is 18.2 Å². The fourth-order valence-electron chi connectivity index (χ4n) is 1.78. The fourth-order valence-corrected chi connectivity index (χ4v) is 2.48. The summed E-state index contributed by atoms with van der Waals surface area (Å²) in [5.41, 5.74) is 2.71. The molecular weight excluding hydrogens is 320 g/mol. The first-order valence-corrected chi connectivity index (χ1v) is 7.65. The number of thiazole rings is 1. The zero-order valence-electron chi connectivity index (χ0n) is 12.3. The number of nitrogens with zero attached hydrogens (tertiary/aromatic N) is 4. The second-order valence-electron chi connectivity index (χ2n) is 4.38. The summed E-state index contributed by atoms with van der Waals surface area (Å²) in [7, 11) is 1.59. The summed E-state index contributed by atoms with van der Waals surface area (Å²) in [4.78, 5) is 9.30. The summed E-state index contributed by atoms with van der Waals surface area (Å²) in [6.07, 6.45) is 2.04. The van der Waals surface area contributed by atoms with Crippen LogP contribution in [0.4, 0.5) is 0 Å². The zero-order valence-corrected chi connectivity index (χ0v) is 13.1. The predicted molar refractivity (Wildman–Crippen MR) is 83.6 cm³/mol. The number of ether oxygens (including phenoxy) is 2. The number of aromatic nitrogens is 3. The Balaban J connectivity index is 1.72. The summed E-state index contributed by atoms with van der Waals surface area (Å²) in [5, 5.41) is 11.4. The second kappa shape index (κ2) is 7.65. The molecule has 3 aromatic rings. The molecule has 1 aromatic carbocycles. The molecule has 2 aromatic heterocycles. The number of hydrogen-bond acceptors (Lipinski definition) is 9. The van der Waals surface area contributed by atoms with Crippen LogP contribution in [0.25, 0.3) is 10.2 Å². The molecule has 2 heterocycles. The molecule has 120 valence electrons. The van der Waals surface area contributed by atoms with E-state index in [2.05, 4.69) is 20.3 Å². The summed E-state index contributed by atoms with van der Waals surface area (Å²) in [6, 6.07) is 5.61. The number of benzene rings is 1. The van der Waals surface area contributed by atoms with E-state index in [1.165, 1.54) is 23.9 Å². The average molecular weight is 334 g/mol. The average Bonchev–Trinajstić information content (AvgIpc) is 3.24. The first kappa shape index (κ1) is 15.4. The Morgan fingerprint density at radius 3 is 3.17 bits per heavy atom. The minimum atomic E-state index is -0.648. The molecular formula is C14H14N4O4S. The van der Waals surface area contributed by atoms with Gasteiger partial charge in [0.1, 0.15) is 12.4 Å². The molecule has 0 aliphatic heterocycles. The van der Waals surface area contributed by atoms with Gasteiger partial charge in [0.05, 0.1) is 28.5 Å². The highest BCUT2D eigenvalue weighted by Crippen LogP contribution is 2.26. The Bertz CT molecular complexity index is 759. The van der Waals surface area contributed by atoms with Crippen LogP contribution in [0.15, 0.2) is 39.7 Å². The molecule has 1 unspecified atom stereocenters. The van der Waals surface area contributed by atoms with Crippen molar-refractivity contribution in [3.63, 3.8) is 0 Å². The van der Waals surface area contributed by atoms with Crippen LogP contribution in [0.2, 0.25) is 0 Å². The van der Waals surface area contributed by atoms with E-state index >= 15 is 0 Å².